The van der Waals surface area contributed by atoms with Gasteiger partial charge in [0.05, 0.1) is 17.4 Å². The number of halogens is 9. The van der Waals surface area contributed by atoms with E-state index >= 15 is 0 Å². The van der Waals surface area contributed by atoms with Crippen LogP contribution >= 0.6 is 0 Å². The lowest BCUT2D eigenvalue weighted by atomic mass is 10.1. The first-order valence-electron chi connectivity index (χ1n) is 9.50. The summed E-state index contributed by atoms with van der Waals surface area (Å²) in [5.74, 6) is -1.29. The third kappa shape index (κ3) is 6.66. The Kier molecular flexibility index (Phi) is 6.77. The monoisotopic (exact) mass is 514 g/mol. The quantitative estimate of drug-likeness (QED) is 0.320. The molecule has 1 amide bonds. The van der Waals surface area contributed by atoms with E-state index in [1.165, 1.54) is 13.3 Å². The number of fused-ring (bicyclic) bond motifs is 1. The average Bonchev–Trinajstić information content (AvgIpc) is 3.13. The molecule has 0 bridgehead atoms. The molecule has 2 heterocycles. The molecule has 35 heavy (non-hydrogen) atoms. The number of pyridine rings is 1. The van der Waals surface area contributed by atoms with Crippen LogP contribution in [0.3, 0.4) is 0 Å². The molecule has 2 aromatic heterocycles. The van der Waals surface area contributed by atoms with Crippen molar-refractivity contribution in [1.82, 2.24) is 20.4 Å². The molecule has 0 aliphatic rings. The van der Waals surface area contributed by atoms with E-state index in [4.69, 9.17) is 0 Å². The Morgan fingerprint density at radius 1 is 1.00 bits per heavy atom. The highest BCUT2D eigenvalue weighted by molar-refractivity contribution is 5.94. The molecule has 3 rings (SSSR count). The van der Waals surface area contributed by atoms with Crippen LogP contribution in [0.4, 0.5) is 51.0 Å². The number of rotatable bonds is 6. The molecule has 3 aromatic rings. The first-order valence-corrected chi connectivity index (χ1v) is 9.50. The van der Waals surface area contributed by atoms with Crippen molar-refractivity contribution in [2.45, 2.75) is 25.5 Å². The van der Waals surface area contributed by atoms with Crippen LogP contribution in [0.25, 0.3) is 10.9 Å². The molecule has 1 aromatic carbocycles. The molecule has 0 fully saturated rings. The molecule has 0 aliphatic carbocycles. The summed E-state index contributed by atoms with van der Waals surface area (Å²) in [4.78, 5) is 22.2. The van der Waals surface area contributed by atoms with Crippen LogP contribution in [0.15, 0.2) is 30.6 Å². The Morgan fingerprint density at radius 3 is 2.14 bits per heavy atom. The Hall–Kier alpha value is -3.72. The van der Waals surface area contributed by atoms with Crippen molar-refractivity contribution in [3.05, 3.63) is 47.5 Å². The van der Waals surface area contributed by atoms with Gasteiger partial charge in [-0.15, -0.1) is 0 Å². The van der Waals surface area contributed by atoms with Crippen molar-refractivity contribution in [3.8, 4) is 0 Å². The summed E-state index contributed by atoms with van der Waals surface area (Å²) in [6.07, 6.45) is -13.9. The maximum Gasteiger partial charge on any atom is 0.417 e. The van der Waals surface area contributed by atoms with Gasteiger partial charge in [0.2, 0.25) is 0 Å². The molecular weight excluding hydrogens is 499 g/mol. The number of imidazole rings is 1. The number of nitrogens with zero attached hydrogens (tertiary/aromatic N) is 3. The van der Waals surface area contributed by atoms with Gasteiger partial charge in [0.1, 0.15) is 18.9 Å². The highest BCUT2D eigenvalue weighted by Crippen LogP contribution is 2.38. The second-order valence-electron chi connectivity index (χ2n) is 7.30. The van der Waals surface area contributed by atoms with Gasteiger partial charge in [0.25, 0.3) is 5.91 Å². The fourth-order valence-electron chi connectivity index (χ4n) is 3.15. The van der Waals surface area contributed by atoms with E-state index < -0.39 is 65.5 Å². The maximum atomic E-state index is 13.7. The van der Waals surface area contributed by atoms with E-state index in [9.17, 15) is 44.3 Å². The normalized spacial score (nSPS) is 12.6. The highest BCUT2D eigenvalue weighted by atomic mass is 19.4. The number of aromatic amines is 1. The zero-order valence-electron chi connectivity index (χ0n) is 17.5. The number of anilines is 2. The van der Waals surface area contributed by atoms with Crippen LogP contribution in [-0.2, 0) is 6.18 Å². The van der Waals surface area contributed by atoms with Crippen molar-refractivity contribution in [1.29, 1.82) is 0 Å². The number of H-pyrrole nitrogens is 1. The van der Waals surface area contributed by atoms with E-state index in [1.54, 1.807) is 0 Å². The summed E-state index contributed by atoms with van der Waals surface area (Å²) >= 11 is 0. The number of hydrazine groups is 1. The number of nitrogens with one attached hydrogen (secondary N) is 3. The standard InChI is InChI=1S/C19H15F9N6O/c1-9-15(30-8-29-9)16(35)33-32-14-5-12(19(26,27)28)11-4-10(2-3-13(11)31-14)34(6-17(20,21)22)7-18(23,24)25/h2-5,8H,6-7H2,1H3,(H,29,30)(H,31,32)(H,33,35). The number of aryl methyl sites for hydroxylation is 1. The molecule has 0 unspecified atom stereocenters. The smallest absolute Gasteiger partial charge is 0.353 e. The molecule has 3 N–H and O–H groups in total. The number of hydrogen-bond donors (Lipinski definition) is 3. The van der Waals surface area contributed by atoms with Crippen molar-refractivity contribution >= 4 is 28.3 Å². The minimum absolute atomic E-state index is 0.0478. The molecule has 0 spiro atoms. The van der Waals surface area contributed by atoms with Crippen molar-refractivity contribution in [2.75, 3.05) is 23.4 Å². The van der Waals surface area contributed by atoms with Crippen LogP contribution in [0.2, 0.25) is 0 Å². The lowest BCUT2D eigenvalue weighted by molar-refractivity contribution is -0.138. The second kappa shape index (κ2) is 9.14. The van der Waals surface area contributed by atoms with Crippen LogP contribution in [0.1, 0.15) is 21.7 Å². The van der Waals surface area contributed by atoms with Gasteiger partial charge in [-0.05, 0) is 31.2 Å². The van der Waals surface area contributed by atoms with Gasteiger partial charge in [-0.1, -0.05) is 0 Å². The number of amides is 1. The number of aromatic nitrogens is 3. The second-order valence-corrected chi connectivity index (χ2v) is 7.30. The number of hydrogen-bond acceptors (Lipinski definition) is 5. The fourth-order valence-corrected chi connectivity index (χ4v) is 3.15. The Balaban J connectivity index is 2.00. The summed E-state index contributed by atoms with van der Waals surface area (Å²) in [5.41, 5.74) is 2.11. The van der Waals surface area contributed by atoms with Crippen molar-refractivity contribution in [3.63, 3.8) is 0 Å². The summed E-state index contributed by atoms with van der Waals surface area (Å²) < 4.78 is 118. The van der Waals surface area contributed by atoms with Gasteiger partial charge >= 0.3 is 18.5 Å². The maximum absolute atomic E-state index is 13.7. The van der Waals surface area contributed by atoms with E-state index in [-0.39, 0.29) is 10.6 Å². The van der Waals surface area contributed by atoms with E-state index in [1.807, 2.05) is 0 Å². The molecule has 0 atom stereocenters. The number of alkyl halides is 9. The molecule has 0 saturated carbocycles. The predicted octanol–water partition coefficient (Wildman–Crippen LogP) is 4.97. The summed E-state index contributed by atoms with van der Waals surface area (Å²) in [6.45, 7) is -2.55. The largest absolute Gasteiger partial charge is 0.417 e. The minimum Gasteiger partial charge on any atom is -0.353 e. The fraction of sp³-hybridized carbons (Fsp3) is 0.316. The first-order chi connectivity index (χ1) is 16.0. The van der Waals surface area contributed by atoms with E-state index in [2.05, 4.69) is 25.8 Å². The van der Waals surface area contributed by atoms with Crippen LogP contribution in [-0.4, -0.2) is 46.3 Å². The summed E-state index contributed by atoms with van der Waals surface area (Å²) in [7, 11) is 0. The van der Waals surface area contributed by atoms with Gasteiger partial charge in [0, 0.05) is 16.8 Å². The SMILES string of the molecule is Cc1[nH]cnc1C(=O)NNc1cc(C(F)(F)F)c2cc(N(CC(F)(F)F)CC(F)(F)F)ccc2n1. The van der Waals surface area contributed by atoms with Gasteiger partial charge in [-0.3, -0.25) is 15.6 Å². The Morgan fingerprint density at radius 2 is 1.63 bits per heavy atom. The molecular formula is C19H15F9N6O. The molecule has 190 valence electrons. The number of carbonyl (C=O) groups excluding carboxylic acids is 1. The van der Waals surface area contributed by atoms with Gasteiger partial charge in [0.15, 0.2) is 5.69 Å². The predicted molar refractivity (Wildman–Crippen MR) is 105 cm³/mol. The van der Waals surface area contributed by atoms with E-state index in [0.29, 0.717) is 17.8 Å². The zero-order chi connectivity index (χ0) is 26.2. The zero-order valence-corrected chi connectivity index (χ0v) is 17.5. The lowest BCUT2D eigenvalue weighted by Gasteiger charge is -2.27. The minimum atomic E-state index is -5.06. The summed E-state index contributed by atoms with van der Waals surface area (Å²) in [6, 6.07) is 2.66. The van der Waals surface area contributed by atoms with Gasteiger partial charge < -0.3 is 9.88 Å². The van der Waals surface area contributed by atoms with Crippen molar-refractivity contribution in [2.24, 2.45) is 0 Å². The number of benzene rings is 1. The Labute approximate surface area is 190 Å². The van der Waals surface area contributed by atoms with Crippen molar-refractivity contribution < 1.29 is 44.3 Å². The molecule has 0 aliphatic heterocycles. The van der Waals surface area contributed by atoms with Crippen LogP contribution in [0, 0.1) is 6.92 Å². The molecule has 0 radical (unpaired) electrons. The Bertz CT molecular complexity index is 1200. The number of carbonyl (C=O) groups is 1. The van der Waals surface area contributed by atoms with Crippen LogP contribution < -0.4 is 15.8 Å². The lowest BCUT2D eigenvalue weighted by Crippen LogP contribution is -2.40. The highest BCUT2D eigenvalue weighted by Gasteiger charge is 2.38. The molecule has 16 heteroatoms. The van der Waals surface area contributed by atoms with Gasteiger partial charge in [-0.25, -0.2) is 9.97 Å². The first kappa shape index (κ1) is 25.9. The molecule has 0 saturated heterocycles. The van der Waals surface area contributed by atoms with E-state index in [0.717, 1.165) is 12.1 Å². The van der Waals surface area contributed by atoms with Gasteiger partial charge in [-0.2, -0.15) is 39.5 Å². The topological polar surface area (TPSA) is 85.9 Å². The third-order valence-electron chi connectivity index (χ3n) is 4.55. The third-order valence-corrected chi connectivity index (χ3v) is 4.55. The average molecular weight is 514 g/mol. The van der Waals surface area contributed by atoms with Crippen LogP contribution in [0.5, 0.6) is 0 Å². The molecule has 7 nitrogen and oxygen atoms in total. The summed E-state index contributed by atoms with van der Waals surface area (Å²) in [5, 5.41) is -0.732.